The van der Waals surface area contributed by atoms with E-state index in [1.807, 2.05) is 6.07 Å². The Labute approximate surface area is 127 Å². The first-order valence-corrected chi connectivity index (χ1v) is 8.13. The highest BCUT2D eigenvalue weighted by Crippen LogP contribution is 2.54. The Morgan fingerprint density at radius 3 is 2.90 bits per heavy atom. The summed E-state index contributed by atoms with van der Waals surface area (Å²) < 4.78 is 11.3. The molecule has 4 heteroatoms. The first-order valence-electron chi connectivity index (χ1n) is 8.13. The van der Waals surface area contributed by atoms with E-state index in [9.17, 15) is 0 Å². The van der Waals surface area contributed by atoms with E-state index >= 15 is 0 Å². The fourth-order valence-corrected chi connectivity index (χ4v) is 4.15. The molecule has 2 saturated carbocycles. The molecule has 0 bridgehead atoms. The minimum atomic E-state index is 0.380. The van der Waals surface area contributed by atoms with Gasteiger partial charge in [-0.25, -0.2) is 4.98 Å². The zero-order valence-electron chi connectivity index (χ0n) is 13.1. The number of ether oxygens (including phenoxy) is 2. The highest BCUT2D eigenvalue weighted by molar-refractivity contribution is 5.25. The van der Waals surface area contributed by atoms with Crippen LogP contribution >= 0.6 is 0 Å². The monoisotopic (exact) mass is 290 g/mol. The summed E-state index contributed by atoms with van der Waals surface area (Å²) in [5.41, 5.74) is 1.51. The van der Waals surface area contributed by atoms with E-state index in [4.69, 9.17) is 9.47 Å². The zero-order chi connectivity index (χ0) is 14.7. The van der Waals surface area contributed by atoms with Gasteiger partial charge in [0.2, 0.25) is 5.88 Å². The predicted molar refractivity (Wildman–Crippen MR) is 82.3 cm³/mol. The Morgan fingerprint density at radius 1 is 1.38 bits per heavy atom. The predicted octanol–water partition coefficient (Wildman–Crippen LogP) is 2.92. The number of hydrogen-bond donors (Lipinski definition) is 1. The molecular formula is C17H26N2O2. The van der Waals surface area contributed by atoms with Crippen LogP contribution < -0.4 is 10.1 Å². The lowest BCUT2D eigenvalue weighted by Gasteiger charge is -2.54. The van der Waals surface area contributed by atoms with Crippen LogP contribution in [-0.4, -0.2) is 30.8 Å². The van der Waals surface area contributed by atoms with Gasteiger partial charge in [-0.3, -0.25) is 0 Å². The van der Waals surface area contributed by atoms with E-state index in [0.29, 0.717) is 17.6 Å². The van der Waals surface area contributed by atoms with Gasteiger partial charge in [-0.15, -0.1) is 0 Å². The summed E-state index contributed by atoms with van der Waals surface area (Å²) in [6, 6.07) is 4.62. The molecule has 4 nitrogen and oxygen atoms in total. The van der Waals surface area contributed by atoms with Crippen molar-refractivity contribution in [3.63, 3.8) is 0 Å². The van der Waals surface area contributed by atoms with Gasteiger partial charge in [-0.1, -0.05) is 18.9 Å². The lowest BCUT2D eigenvalue weighted by atomic mass is 9.60. The minimum absolute atomic E-state index is 0.380. The van der Waals surface area contributed by atoms with Crippen LogP contribution in [0.3, 0.4) is 0 Å². The second-order valence-electron chi connectivity index (χ2n) is 6.23. The van der Waals surface area contributed by atoms with Crippen LogP contribution in [-0.2, 0) is 11.3 Å². The van der Waals surface area contributed by atoms with Crippen molar-refractivity contribution in [2.75, 3.05) is 13.7 Å². The molecule has 0 aliphatic heterocycles. The SMILES string of the molecule is CCOC1CC(NCc2cccnc2OC)C12CCCC2. The van der Waals surface area contributed by atoms with Crippen LogP contribution in [0.15, 0.2) is 18.3 Å². The highest BCUT2D eigenvalue weighted by atomic mass is 16.5. The van der Waals surface area contributed by atoms with Crippen LogP contribution in [0.1, 0.15) is 44.6 Å². The molecule has 1 spiro atoms. The van der Waals surface area contributed by atoms with Gasteiger partial charge >= 0.3 is 0 Å². The number of hydrogen-bond acceptors (Lipinski definition) is 4. The molecule has 1 N–H and O–H groups in total. The molecule has 2 fully saturated rings. The quantitative estimate of drug-likeness (QED) is 0.875. The number of aromatic nitrogens is 1. The van der Waals surface area contributed by atoms with Crippen LogP contribution in [0.2, 0.25) is 0 Å². The number of nitrogens with zero attached hydrogens (tertiary/aromatic N) is 1. The number of nitrogens with one attached hydrogen (secondary N) is 1. The second kappa shape index (κ2) is 6.32. The summed E-state index contributed by atoms with van der Waals surface area (Å²) in [6.07, 6.45) is 8.67. The Balaban J connectivity index is 1.63. The molecule has 2 unspecified atom stereocenters. The normalized spacial score (nSPS) is 26.8. The van der Waals surface area contributed by atoms with Crippen molar-refractivity contribution in [1.82, 2.24) is 10.3 Å². The van der Waals surface area contributed by atoms with Crippen molar-refractivity contribution in [3.8, 4) is 5.88 Å². The summed E-state index contributed by atoms with van der Waals surface area (Å²) in [5.74, 6) is 0.728. The average molecular weight is 290 g/mol. The molecule has 116 valence electrons. The molecule has 1 heterocycles. The number of pyridine rings is 1. The fourth-order valence-electron chi connectivity index (χ4n) is 4.15. The largest absolute Gasteiger partial charge is 0.481 e. The maximum Gasteiger partial charge on any atom is 0.217 e. The summed E-state index contributed by atoms with van der Waals surface area (Å²) in [6.45, 7) is 3.75. The summed E-state index contributed by atoms with van der Waals surface area (Å²) in [5, 5.41) is 3.73. The molecule has 0 radical (unpaired) electrons. The first-order chi connectivity index (χ1) is 10.3. The van der Waals surface area contributed by atoms with E-state index in [0.717, 1.165) is 31.0 Å². The van der Waals surface area contributed by atoms with Crippen molar-refractivity contribution in [1.29, 1.82) is 0 Å². The molecule has 0 aromatic carbocycles. The topological polar surface area (TPSA) is 43.4 Å². The van der Waals surface area contributed by atoms with Gasteiger partial charge in [0, 0.05) is 36.4 Å². The standard InChI is InChI=1S/C17H26N2O2/c1-3-21-15-11-14(17(15)8-4-5-9-17)19-12-13-7-6-10-18-16(13)20-2/h6-7,10,14-15,19H,3-5,8-9,11-12H2,1-2H3. The van der Waals surface area contributed by atoms with Gasteiger partial charge in [0.1, 0.15) is 0 Å². The Morgan fingerprint density at radius 2 is 2.19 bits per heavy atom. The molecule has 0 saturated heterocycles. The smallest absolute Gasteiger partial charge is 0.217 e. The molecule has 1 aromatic heterocycles. The lowest BCUT2D eigenvalue weighted by molar-refractivity contribution is -0.130. The van der Waals surface area contributed by atoms with E-state index in [-0.39, 0.29) is 0 Å². The third-order valence-corrected chi connectivity index (χ3v) is 5.27. The maximum atomic E-state index is 5.97. The van der Waals surface area contributed by atoms with Crippen molar-refractivity contribution in [3.05, 3.63) is 23.9 Å². The van der Waals surface area contributed by atoms with Crippen LogP contribution in [0.4, 0.5) is 0 Å². The van der Waals surface area contributed by atoms with Crippen LogP contribution in [0.25, 0.3) is 0 Å². The molecule has 2 aliphatic rings. The van der Waals surface area contributed by atoms with Crippen molar-refractivity contribution < 1.29 is 9.47 Å². The van der Waals surface area contributed by atoms with Crippen molar-refractivity contribution in [2.45, 2.75) is 57.7 Å². The van der Waals surface area contributed by atoms with Crippen molar-refractivity contribution >= 4 is 0 Å². The molecule has 3 rings (SSSR count). The van der Waals surface area contributed by atoms with Gasteiger partial charge in [0.05, 0.1) is 13.2 Å². The zero-order valence-corrected chi connectivity index (χ0v) is 13.1. The molecule has 2 aliphatic carbocycles. The third-order valence-electron chi connectivity index (χ3n) is 5.27. The summed E-state index contributed by atoms with van der Waals surface area (Å²) >= 11 is 0. The molecule has 0 amide bonds. The number of rotatable bonds is 6. The van der Waals surface area contributed by atoms with E-state index in [1.54, 1.807) is 13.3 Å². The molecule has 1 aromatic rings. The van der Waals surface area contributed by atoms with Gasteiger partial charge < -0.3 is 14.8 Å². The Bertz CT molecular complexity index is 472. The molecule has 21 heavy (non-hydrogen) atoms. The van der Waals surface area contributed by atoms with Gasteiger partial charge in [0.15, 0.2) is 0 Å². The van der Waals surface area contributed by atoms with E-state index in [1.165, 1.54) is 25.7 Å². The Hall–Kier alpha value is -1.13. The average Bonchev–Trinajstić information content (AvgIpc) is 3.03. The van der Waals surface area contributed by atoms with E-state index < -0.39 is 0 Å². The first kappa shape index (κ1) is 14.8. The molecule has 2 atom stereocenters. The van der Waals surface area contributed by atoms with E-state index in [2.05, 4.69) is 23.3 Å². The van der Waals surface area contributed by atoms with Gasteiger partial charge in [-0.05, 0) is 32.3 Å². The van der Waals surface area contributed by atoms with Crippen molar-refractivity contribution in [2.24, 2.45) is 5.41 Å². The molecular weight excluding hydrogens is 264 g/mol. The fraction of sp³-hybridized carbons (Fsp3) is 0.706. The number of methoxy groups -OCH3 is 1. The summed E-state index contributed by atoms with van der Waals surface area (Å²) in [7, 11) is 1.68. The van der Waals surface area contributed by atoms with Gasteiger partial charge in [-0.2, -0.15) is 0 Å². The lowest BCUT2D eigenvalue weighted by Crippen LogP contribution is -2.62. The van der Waals surface area contributed by atoms with Crippen LogP contribution in [0, 0.1) is 5.41 Å². The minimum Gasteiger partial charge on any atom is -0.481 e. The second-order valence-corrected chi connectivity index (χ2v) is 6.23. The summed E-state index contributed by atoms with van der Waals surface area (Å²) in [4.78, 5) is 4.27. The Kier molecular flexibility index (Phi) is 4.45. The van der Waals surface area contributed by atoms with Crippen LogP contribution in [0.5, 0.6) is 5.88 Å². The highest BCUT2D eigenvalue weighted by Gasteiger charge is 2.56. The van der Waals surface area contributed by atoms with Gasteiger partial charge in [0.25, 0.3) is 0 Å². The third kappa shape index (κ3) is 2.67. The maximum absolute atomic E-state index is 5.97.